The second-order valence-electron chi connectivity index (χ2n) is 6.52. The molecule has 1 aliphatic heterocycles. The van der Waals surface area contributed by atoms with Crippen LogP contribution in [0.15, 0.2) is 22.9 Å². The average molecular weight is 345 g/mol. The molecule has 134 valence electrons. The molecule has 1 N–H and O–H groups in total. The number of anilines is 1. The molecule has 0 aliphatic carbocycles. The predicted octanol–water partition coefficient (Wildman–Crippen LogP) is 2.20. The fourth-order valence-corrected chi connectivity index (χ4v) is 2.83. The van der Waals surface area contributed by atoms with Gasteiger partial charge in [-0.3, -0.25) is 4.79 Å². The molecule has 0 unspecified atom stereocenters. The van der Waals surface area contributed by atoms with Crippen molar-refractivity contribution >= 4 is 11.7 Å². The molecule has 3 rings (SSSR count). The summed E-state index contributed by atoms with van der Waals surface area (Å²) in [5, 5.41) is 7.02. The molecule has 0 spiro atoms. The van der Waals surface area contributed by atoms with Gasteiger partial charge >= 0.3 is 0 Å². The van der Waals surface area contributed by atoms with E-state index in [0.29, 0.717) is 36.2 Å². The Bertz CT molecular complexity index is 745. The van der Waals surface area contributed by atoms with E-state index in [2.05, 4.69) is 20.4 Å². The fourth-order valence-electron chi connectivity index (χ4n) is 2.83. The molecule has 2 aromatic heterocycles. The highest BCUT2D eigenvalue weighted by molar-refractivity contribution is 5.98. The molecule has 1 fully saturated rings. The van der Waals surface area contributed by atoms with Gasteiger partial charge in [-0.15, -0.1) is 0 Å². The fraction of sp³-hybridized carbons (Fsp3) is 0.529. The minimum absolute atomic E-state index is 0.0902. The van der Waals surface area contributed by atoms with Crippen LogP contribution < -0.4 is 5.32 Å². The monoisotopic (exact) mass is 345 g/mol. The first-order chi connectivity index (χ1) is 11.9. The van der Waals surface area contributed by atoms with Crippen LogP contribution in [0.3, 0.4) is 0 Å². The number of hydrogen-bond donors (Lipinski definition) is 1. The van der Waals surface area contributed by atoms with E-state index in [1.54, 1.807) is 30.2 Å². The summed E-state index contributed by atoms with van der Waals surface area (Å²) in [4.78, 5) is 23.3. The Hall–Kier alpha value is -2.48. The number of ether oxygens (including phenoxy) is 1. The Balaban J connectivity index is 1.82. The molecule has 8 nitrogen and oxygen atoms in total. The molecule has 0 bridgehead atoms. The number of pyridine rings is 1. The highest BCUT2D eigenvalue weighted by Gasteiger charge is 2.33. The van der Waals surface area contributed by atoms with Gasteiger partial charge in [-0.1, -0.05) is 5.16 Å². The molecule has 1 saturated heterocycles. The van der Waals surface area contributed by atoms with Crippen molar-refractivity contribution in [2.24, 2.45) is 0 Å². The molecule has 0 radical (unpaired) electrons. The van der Waals surface area contributed by atoms with E-state index in [-0.39, 0.29) is 18.1 Å². The van der Waals surface area contributed by atoms with Crippen LogP contribution in [0.25, 0.3) is 0 Å². The zero-order valence-corrected chi connectivity index (χ0v) is 14.9. The number of amides is 1. The predicted molar refractivity (Wildman–Crippen MR) is 91.2 cm³/mol. The van der Waals surface area contributed by atoms with Crippen LogP contribution >= 0.6 is 0 Å². The summed E-state index contributed by atoms with van der Waals surface area (Å²) in [6.07, 6.45) is 1.12. The molecule has 0 saturated carbocycles. The number of hydrogen-bond acceptors (Lipinski definition) is 7. The van der Waals surface area contributed by atoms with Crippen molar-refractivity contribution in [2.75, 3.05) is 18.4 Å². The number of carbonyl (C=O) groups is 1. The van der Waals surface area contributed by atoms with E-state index in [9.17, 15) is 4.79 Å². The van der Waals surface area contributed by atoms with E-state index < -0.39 is 6.10 Å². The van der Waals surface area contributed by atoms with Crippen molar-refractivity contribution in [3.63, 3.8) is 0 Å². The third-order valence-corrected chi connectivity index (χ3v) is 3.83. The summed E-state index contributed by atoms with van der Waals surface area (Å²) in [5.74, 6) is 1.44. The molecular formula is C17H23N5O3. The maximum absolute atomic E-state index is 13.1. The van der Waals surface area contributed by atoms with Gasteiger partial charge in [-0.05, 0) is 39.8 Å². The van der Waals surface area contributed by atoms with Crippen LogP contribution in [0, 0.1) is 6.92 Å². The van der Waals surface area contributed by atoms with E-state index in [0.717, 1.165) is 0 Å². The number of nitrogens with one attached hydrogen (secondary N) is 1. The first kappa shape index (κ1) is 17.3. The summed E-state index contributed by atoms with van der Waals surface area (Å²) < 4.78 is 11.1. The molecule has 1 amide bonds. The number of aromatic nitrogens is 3. The first-order valence-electron chi connectivity index (χ1n) is 8.40. The molecule has 3 heterocycles. The van der Waals surface area contributed by atoms with Crippen molar-refractivity contribution in [3.8, 4) is 0 Å². The van der Waals surface area contributed by atoms with Gasteiger partial charge in [0, 0.05) is 18.8 Å². The van der Waals surface area contributed by atoms with Crippen LogP contribution in [0.5, 0.6) is 0 Å². The van der Waals surface area contributed by atoms with Gasteiger partial charge in [-0.2, -0.15) is 4.98 Å². The molecule has 2 aromatic rings. The molecule has 1 aliphatic rings. The first-order valence-corrected chi connectivity index (χ1v) is 8.40. The quantitative estimate of drug-likeness (QED) is 0.908. The van der Waals surface area contributed by atoms with E-state index in [4.69, 9.17) is 9.26 Å². The zero-order chi connectivity index (χ0) is 18.0. The van der Waals surface area contributed by atoms with Gasteiger partial charge < -0.3 is 19.5 Å². The number of morpholine rings is 1. The number of carbonyl (C=O) groups excluding carboxylic acids is 1. The van der Waals surface area contributed by atoms with Gasteiger partial charge in [0.1, 0.15) is 5.82 Å². The number of rotatable bonds is 4. The summed E-state index contributed by atoms with van der Waals surface area (Å²) in [6.45, 7) is 8.55. The summed E-state index contributed by atoms with van der Waals surface area (Å²) >= 11 is 0. The van der Waals surface area contributed by atoms with Crippen LogP contribution in [0.2, 0.25) is 0 Å². The van der Waals surface area contributed by atoms with Gasteiger partial charge in [0.05, 0.1) is 18.2 Å². The molecule has 25 heavy (non-hydrogen) atoms. The van der Waals surface area contributed by atoms with E-state index in [1.807, 2.05) is 20.8 Å². The van der Waals surface area contributed by atoms with Crippen LogP contribution in [-0.4, -0.2) is 51.2 Å². The minimum Gasteiger partial charge on any atom is -0.367 e. The summed E-state index contributed by atoms with van der Waals surface area (Å²) in [6, 6.07) is 3.73. The highest BCUT2D eigenvalue weighted by Crippen LogP contribution is 2.26. The molecule has 2 atom stereocenters. The van der Waals surface area contributed by atoms with Gasteiger partial charge in [-0.25, -0.2) is 4.98 Å². The van der Waals surface area contributed by atoms with Crippen molar-refractivity contribution in [3.05, 3.63) is 35.6 Å². The zero-order valence-electron chi connectivity index (χ0n) is 14.9. The summed E-state index contributed by atoms with van der Waals surface area (Å²) in [7, 11) is 0. The lowest BCUT2D eigenvalue weighted by Gasteiger charge is -2.35. The lowest BCUT2D eigenvalue weighted by Crippen LogP contribution is -2.46. The Kier molecular flexibility index (Phi) is 4.98. The number of nitrogens with zero attached hydrogens (tertiary/aromatic N) is 4. The third kappa shape index (κ3) is 3.96. The van der Waals surface area contributed by atoms with Crippen LogP contribution in [0.1, 0.15) is 48.9 Å². The van der Waals surface area contributed by atoms with Gasteiger partial charge in [0.15, 0.2) is 11.9 Å². The smallest absolute Gasteiger partial charge is 0.257 e. The Morgan fingerprint density at radius 2 is 2.20 bits per heavy atom. The Morgan fingerprint density at radius 1 is 1.40 bits per heavy atom. The van der Waals surface area contributed by atoms with E-state index in [1.165, 1.54) is 0 Å². The molecular weight excluding hydrogens is 322 g/mol. The van der Waals surface area contributed by atoms with Crippen molar-refractivity contribution in [2.45, 2.75) is 45.9 Å². The van der Waals surface area contributed by atoms with E-state index >= 15 is 0 Å². The Labute approximate surface area is 146 Å². The van der Waals surface area contributed by atoms with Crippen LogP contribution in [-0.2, 0) is 4.74 Å². The maximum atomic E-state index is 13.1. The van der Waals surface area contributed by atoms with Crippen molar-refractivity contribution < 1.29 is 14.1 Å². The lowest BCUT2D eigenvalue weighted by atomic mass is 10.1. The lowest BCUT2D eigenvalue weighted by molar-refractivity contribution is -0.0810. The second kappa shape index (κ2) is 7.18. The van der Waals surface area contributed by atoms with Crippen molar-refractivity contribution in [1.82, 2.24) is 20.0 Å². The largest absolute Gasteiger partial charge is 0.367 e. The maximum Gasteiger partial charge on any atom is 0.257 e. The summed E-state index contributed by atoms with van der Waals surface area (Å²) in [5.41, 5.74) is 0.547. The molecule has 0 aromatic carbocycles. The van der Waals surface area contributed by atoms with Crippen LogP contribution in [0.4, 0.5) is 5.82 Å². The average Bonchev–Trinajstić information content (AvgIpc) is 3.00. The SMILES string of the molecule is Cc1noc([C@H]2CN(C(=O)c3cccnc3NC(C)C)C[C@@H](C)O2)n1. The van der Waals surface area contributed by atoms with Crippen molar-refractivity contribution in [1.29, 1.82) is 0 Å². The minimum atomic E-state index is -0.424. The second-order valence-corrected chi connectivity index (χ2v) is 6.52. The van der Waals surface area contributed by atoms with Gasteiger partial charge in [0.2, 0.25) is 0 Å². The third-order valence-electron chi connectivity index (χ3n) is 3.83. The standard InChI is InChI=1S/C17H23N5O3/c1-10(2)19-15-13(6-5-7-18-15)17(23)22-8-11(3)24-14(9-22)16-20-12(4)21-25-16/h5-7,10-11,14H,8-9H2,1-4H3,(H,18,19)/t11-,14-/m1/s1. The van der Waals surface area contributed by atoms with Gasteiger partial charge in [0.25, 0.3) is 11.8 Å². The number of aryl methyl sites for hydroxylation is 1. The normalized spacial score (nSPS) is 20.8. The molecule has 8 heteroatoms. The highest BCUT2D eigenvalue weighted by atomic mass is 16.5. The Morgan fingerprint density at radius 3 is 2.88 bits per heavy atom. The topological polar surface area (TPSA) is 93.4 Å².